The summed E-state index contributed by atoms with van der Waals surface area (Å²) in [7, 11) is 1.24. The molecule has 0 bridgehead atoms. The number of nitrogens with one attached hydrogen (secondary N) is 1. The van der Waals surface area contributed by atoms with Crippen molar-refractivity contribution < 1.29 is 28.7 Å². The molecule has 1 atom stereocenters. The van der Waals surface area contributed by atoms with E-state index in [1.165, 1.54) is 38.3 Å². The van der Waals surface area contributed by atoms with E-state index in [0.717, 1.165) is 0 Å². The van der Waals surface area contributed by atoms with Gasteiger partial charge in [0.2, 0.25) is 0 Å². The van der Waals surface area contributed by atoms with Gasteiger partial charge >= 0.3 is 18.0 Å². The lowest BCUT2D eigenvalue weighted by molar-refractivity contribution is -0.127. The zero-order valence-corrected chi connectivity index (χ0v) is 11.4. The second kappa shape index (κ2) is 7.04. The summed E-state index contributed by atoms with van der Waals surface area (Å²) in [5.41, 5.74) is 5.19. The van der Waals surface area contributed by atoms with Gasteiger partial charge in [0.1, 0.15) is 0 Å². The molecule has 0 heterocycles. The van der Waals surface area contributed by atoms with Crippen LogP contribution in [0.3, 0.4) is 0 Å². The number of benzene rings is 1. The van der Waals surface area contributed by atoms with Gasteiger partial charge in [-0.15, -0.1) is 0 Å². The number of hydrogen-bond donors (Lipinski definition) is 2. The summed E-state index contributed by atoms with van der Waals surface area (Å²) in [6.07, 6.45) is -1.19. The van der Waals surface area contributed by atoms with Crippen LogP contribution in [0.2, 0.25) is 0 Å². The molecule has 8 nitrogen and oxygen atoms in total. The van der Waals surface area contributed by atoms with Crippen molar-refractivity contribution in [3.05, 3.63) is 35.4 Å². The van der Waals surface area contributed by atoms with Crippen molar-refractivity contribution in [2.24, 2.45) is 5.73 Å². The SMILES string of the molecule is COC(=O)c1ccc(C(=O)O[C@H](C)C(=O)NC(N)=O)cc1. The number of carbonyl (C=O) groups excluding carboxylic acids is 4. The van der Waals surface area contributed by atoms with E-state index in [9.17, 15) is 19.2 Å². The van der Waals surface area contributed by atoms with Gasteiger partial charge in [0, 0.05) is 0 Å². The molecule has 3 N–H and O–H groups in total. The Balaban J connectivity index is 2.69. The monoisotopic (exact) mass is 294 g/mol. The normalized spacial score (nSPS) is 11.1. The number of hydrogen-bond acceptors (Lipinski definition) is 6. The second-order valence-corrected chi connectivity index (χ2v) is 3.97. The van der Waals surface area contributed by atoms with Gasteiger partial charge in [0.05, 0.1) is 18.2 Å². The quantitative estimate of drug-likeness (QED) is 0.765. The number of nitrogens with two attached hydrogens (primary N) is 1. The molecular formula is C13H14N2O6. The van der Waals surface area contributed by atoms with Crippen molar-refractivity contribution in [2.45, 2.75) is 13.0 Å². The van der Waals surface area contributed by atoms with E-state index in [0.29, 0.717) is 0 Å². The van der Waals surface area contributed by atoms with Crippen molar-refractivity contribution in [2.75, 3.05) is 7.11 Å². The van der Waals surface area contributed by atoms with Gasteiger partial charge in [-0.25, -0.2) is 14.4 Å². The lowest BCUT2D eigenvalue weighted by Crippen LogP contribution is -2.42. The number of imide groups is 1. The van der Waals surface area contributed by atoms with Crippen LogP contribution in [0.5, 0.6) is 0 Å². The molecule has 21 heavy (non-hydrogen) atoms. The van der Waals surface area contributed by atoms with Crippen LogP contribution in [0.25, 0.3) is 0 Å². The van der Waals surface area contributed by atoms with Crippen molar-refractivity contribution in [3.63, 3.8) is 0 Å². The third-order valence-corrected chi connectivity index (χ3v) is 2.44. The Labute approximate surface area is 120 Å². The molecule has 0 aliphatic heterocycles. The number of rotatable bonds is 4. The van der Waals surface area contributed by atoms with Crippen LogP contribution >= 0.6 is 0 Å². The lowest BCUT2D eigenvalue weighted by Gasteiger charge is -2.12. The highest BCUT2D eigenvalue weighted by Gasteiger charge is 2.20. The number of urea groups is 1. The van der Waals surface area contributed by atoms with Crippen molar-refractivity contribution in [3.8, 4) is 0 Å². The van der Waals surface area contributed by atoms with Crippen molar-refractivity contribution in [1.29, 1.82) is 0 Å². The van der Waals surface area contributed by atoms with Crippen molar-refractivity contribution >= 4 is 23.9 Å². The van der Waals surface area contributed by atoms with E-state index < -0.39 is 30.0 Å². The van der Waals surface area contributed by atoms with Crippen LogP contribution in [0.1, 0.15) is 27.6 Å². The molecule has 0 aromatic heterocycles. The van der Waals surface area contributed by atoms with Crippen LogP contribution < -0.4 is 11.1 Å². The van der Waals surface area contributed by atoms with E-state index in [2.05, 4.69) is 4.74 Å². The minimum atomic E-state index is -1.19. The molecule has 3 amide bonds. The Morgan fingerprint density at radius 3 is 1.95 bits per heavy atom. The molecular weight excluding hydrogens is 280 g/mol. The van der Waals surface area contributed by atoms with E-state index in [-0.39, 0.29) is 11.1 Å². The third-order valence-electron chi connectivity index (χ3n) is 2.44. The van der Waals surface area contributed by atoms with Crippen LogP contribution in [-0.4, -0.2) is 37.1 Å². The van der Waals surface area contributed by atoms with Gasteiger partial charge < -0.3 is 15.2 Å². The molecule has 0 aliphatic rings. The summed E-state index contributed by atoms with van der Waals surface area (Å²) in [6, 6.07) is 4.44. The zero-order chi connectivity index (χ0) is 16.0. The molecule has 8 heteroatoms. The molecule has 0 fully saturated rings. The maximum atomic E-state index is 11.8. The summed E-state index contributed by atoms with van der Waals surface area (Å²) < 4.78 is 9.37. The Bertz CT molecular complexity index is 567. The standard InChI is InChI=1S/C13H14N2O6/c1-7(10(16)15-13(14)19)21-12(18)9-5-3-8(4-6-9)11(17)20-2/h3-7H,1-2H3,(H3,14,15,16,19)/t7-/m1/s1. The minimum Gasteiger partial charge on any atom is -0.465 e. The first-order chi connectivity index (χ1) is 9.85. The van der Waals surface area contributed by atoms with Gasteiger partial charge in [0.15, 0.2) is 6.10 Å². The maximum Gasteiger partial charge on any atom is 0.338 e. The highest BCUT2D eigenvalue weighted by atomic mass is 16.5. The Kier molecular flexibility index (Phi) is 5.41. The predicted molar refractivity (Wildman–Crippen MR) is 70.4 cm³/mol. The first-order valence-electron chi connectivity index (χ1n) is 5.84. The van der Waals surface area contributed by atoms with Gasteiger partial charge in [-0.3, -0.25) is 10.1 Å². The minimum absolute atomic E-state index is 0.140. The molecule has 0 saturated heterocycles. The number of carbonyl (C=O) groups is 4. The largest absolute Gasteiger partial charge is 0.465 e. The van der Waals surface area contributed by atoms with Crippen molar-refractivity contribution in [1.82, 2.24) is 5.32 Å². The lowest BCUT2D eigenvalue weighted by atomic mass is 10.1. The number of esters is 2. The molecule has 1 aromatic rings. The molecule has 0 radical (unpaired) electrons. The highest BCUT2D eigenvalue weighted by Crippen LogP contribution is 2.08. The third kappa shape index (κ3) is 4.60. The summed E-state index contributed by atoms with van der Waals surface area (Å²) in [4.78, 5) is 44.8. The average molecular weight is 294 g/mol. The van der Waals surface area contributed by atoms with Gasteiger partial charge in [-0.2, -0.15) is 0 Å². The molecule has 1 aromatic carbocycles. The first kappa shape index (κ1) is 16.2. The zero-order valence-electron chi connectivity index (χ0n) is 11.4. The smallest absolute Gasteiger partial charge is 0.338 e. The first-order valence-corrected chi connectivity index (χ1v) is 5.84. The average Bonchev–Trinajstić information content (AvgIpc) is 2.45. The van der Waals surface area contributed by atoms with Crippen LogP contribution in [-0.2, 0) is 14.3 Å². The van der Waals surface area contributed by atoms with Gasteiger partial charge in [-0.1, -0.05) is 0 Å². The fraction of sp³-hybridized carbons (Fsp3) is 0.231. The topological polar surface area (TPSA) is 125 Å². The molecule has 0 spiro atoms. The summed E-state index contributed by atoms with van der Waals surface area (Å²) in [5.74, 6) is -2.15. The van der Waals surface area contributed by atoms with Gasteiger partial charge in [0.25, 0.3) is 5.91 Å². The number of primary amides is 1. The van der Waals surface area contributed by atoms with Gasteiger partial charge in [-0.05, 0) is 31.2 Å². The summed E-state index contributed by atoms with van der Waals surface area (Å²) in [5, 5.41) is 1.79. The van der Waals surface area contributed by atoms with E-state index in [1.807, 2.05) is 0 Å². The summed E-state index contributed by atoms with van der Waals surface area (Å²) >= 11 is 0. The second-order valence-electron chi connectivity index (χ2n) is 3.97. The maximum absolute atomic E-state index is 11.8. The fourth-order valence-corrected chi connectivity index (χ4v) is 1.37. The highest BCUT2D eigenvalue weighted by molar-refractivity contribution is 5.98. The molecule has 0 aliphatic carbocycles. The Morgan fingerprint density at radius 2 is 1.52 bits per heavy atom. The molecule has 0 unspecified atom stereocenters. The molecule has 112 valence electrons. The van der Waals surface area contributed by atoms with Crippen LogP contribution in [0.15, 0.2) is 24.3 Å². The fourth-order valence-electron chi connectivity index (χ4n) is 1.37. The predicted octanol–water partition coefficient (Wildman–Crippen LogP) is 0.213. The van der Waals surface area contributed by atoms with Crippen LogP contribution in [0, 0.1) is 0 Å². The van der Waals surface area contributed by atoms with Crippen LogP contribution in [0.4, 0.5) is 4.79 Å². The molecule has 0 saturated carbocycles. The Morgan fingerprint density at radius 1 is 1.05 bits per heavy atom. The molecule has 1 rings (SSSR count). The Hall–Kier alpha value is -2.90. The summed E-state index contributed by atoms with van der Waals surface area (Å²) in [6.45, 7) is 1.29. The number of amides is 3. The van der Waals surface area contributed by atoms with E-state index in [1.54, 1.807) is 5.32 Å². The van der Waals surface area contributed by atoms with E-state index >= 15 is 0 Å². The van der Waals surface area contributed by atoms with E-state index in [4.69, 9.17) is 10.5 Å². The number of methoxy groups -OCH3 is 1. The number of ether oxygens (including phenoxy) is 2.